The highest BCUT2D eigenvalue weighted by atomic mass is 19.1. The van der Waals surface area contributed by atoms with Crippen LogP contribution in [0.1, 0.15) is 45.8 Å². The molecular weight excluding hydrogens is 441 g/mol. The van der Waals surface area contributed by atoms with E-state index in [2.05, 4.69) is 5.32 Å². The van der Waals surface area contributed by atoms with E-state index in [1.807, 2.05) is 19.1 Å². The standard InChI is InChI=1S/C22H21F3N4O4/c1-10-4-5-11(2)29-9-27(10)22(33)18-20(31)19(30)14(8-28(18)29)21(32)26-7-13-16(24)6-15(23)12(3)17(13)25/h4-6,8,10-11,31H,7,9H2,1-3H3,(H,26,32)/t10-,11+/m0/s1. The van der Waals surface area contributed by atoms with Crippen LogP contribution < -0.4 is 15.8 Å². The summed E-state index contributed by atoms with van der Waals surface area (Å²) in [5.41, 5.74) is -2.89. The first-order valence-electron chi connectivity index (χ1n) is 10.2. The van der Waals surface area contributed by atoms with Crippen LogP contribution in [0.4, 0.5) is 13.2 Å². The first kappa shape index (κ1) is 22.4. The molecule has 2 atom stereocenters. The number of aromatic nitrogens is 1. The van der Waals surface area contributed by atoms with Crippen molar-refractivity contribution in [2.45, 2.75) is 39.4 Å². The van der Waals surface area contributed by atoms with Gasteiger partial charge in [0.15, 0.2) is 11.4 Å². The Morgan fingerprint density at radius 1 is 1.15 bits per heavy atom. The number of pyridine rings is 1. The summed E-state index contributed by atoms with van der Waals surface area (Å²) in [5, 5.41) is 14.4. The van der Waals surface area contributed by atoms with Crippen molar-refractivity contribution in [1.29, 1.82) is 0 Å². The molecule has 11 heteroatoms. The predicted octanol–water partition coefficient (Wildman–Crippen LogP) is 1.91. The van der Waals surface area contributed by atoms with Gasteiger partial charge in [-0.15, -0.1) is 0 Å². The molecule has 8 nitrogen and oxygen atoms in total. The highest BCUT2D eigenvalue weighted by molar-refractivity contribution is 5.99. The maximum absolute atomic E-state index is 14.2. The van der Waals surface area contributed by atoms with Crippen LogP contribution in [-0.4, -0.2) is 45.2 Å². The summed E-state index contributed by atoms with van der Waals surface area (Å²) >= 11 is 0. The molecule has 33 heavy (non-hydrogen) atoms. The number of hydrogen-bond acceptors (Lipinski definition) is 5. The minimum absolute atomic E-state index is 0.149. The summed E-state index contributed by atoms with van der Waals surface area (Å²) in [6.45, 7) is 4.25. The van der Waals surface area contributed by atoms with Gasteiger partial charge in [-0.1, -0.05) is 12.2 Å². The summed E-state index contributed by atoms with van der Waals surface area (Å²) in [4.78, 5) is 39.8. The monoisotopic (exact) mass is 462 g/mol. The molecule has 0 fully saturated rings. The van der Waals surface area contributed by atoms with Crippen molar-refractivity contribution >= 4 is 11.8 Å². The third-order valence-electron chi connectivity index (χ3n) is 6.00. The Morgan fingerprint density at radius 3 is 2.52 bits per heavy atom. The SMILES string of the molecule is Cc1c(F)cc(F)c(CNC(=O)c2cn3c(c(O)c2=O)C(=O)N2CN3[C@H](C)C=C[C@@H]2C)c1F. The Kier molecular flexibility index (Phi) is 5.43. The Balaban J connectivity index is 1.71. The average molecular weight is 462 g/mol. The molecule has 0 aliphatic carbocycles. The Bertz CT molecular complexity index is 1270. The molecule has 1 aromatic heterocycles. The minimum atomic E-state index is -1.19. The van der Waals surface area contributed by atoms with Crippen molar-refractivity contribution < 1.29 is 27.9 Å². The quantitative estimate of drug-likeness (QED) is 0.680. The number of fused-ring (bicyclic) bond motifs is 4. The van der Waals surface area contributed by atoms with Gasteiger partial charge in [0, 0.05) is 36.0 Å². The van der Waals surface area contributed by atoms with Crippen LogP contribution in [0.2, 0.25) is 0 Å². The zero-order valence-corrected chi connectivity index (χ0v) is 18.0. The van der Waals surface area contributed by atoms with Gasteiger partial charge in [-0.3, -0.25) is 24.1 Å². The summed E-state index contributed by atoms with van der Waals surface area (Å²) in [5.74, 6) is -5.91. The van der Waals surface area contributed by atoms with Gasteiger partial charge in [0.25, 0.3) is 11.8 Å². The fourth-order valence-electron chi connectivity index (χ4n) is 3.91. The fourth-order valence-corrected chi connectivity index (χ4v) is 3.91. The van der Waals surface area contributed by atoms with Crippen LogP contribution in [0, 0.1) is 24.4 Å². The van der Waals surface area contributed by atoms with E-state index in [-0.39, 0.29) is 24.4 Å². The topological polar surface area (TPSA) is 94.9 Å². The lowest BCUT2D eigenvalue weighted by atomic mass is 10.1. The molecule has 4 rings (SSSR count). The van der Waals surface area contributed by atoms with Gasteiger partial charge in [-0.25, -0.2) is 13.2 Å². The molecule has 2 aliphatic rings. The second-order valence-corrected chi connectivity index (χ2v) is 8.08. The van der Waals surface area contributed by atoms with Gasteiger partial charge in [-0.05, 0) is 20.8 Å². The first-order valence-corrected chi connectivity index (χ1v) is 10.2. The zero-order chi connectivity index (χ0) is 24.2. The highest BCUT2D eigenvalue weighted by Gasteiger charge is 2.38. The number of halogens is 3. The normalized spacial score (nSPS) is 19.4. The summed E-state index contributed by atoms with van der Waals surface area (Å²) < 4.78 is 43.0. The first-order chi connectivity index (χ1) is 15.5. The lowest BCUT2D eigenvalue weighted by Crippen LogP contribution is -2.57. The van der Waals surface area contributed by atoms with Crippen molar-refractivity contribution in [3.63, 3.8) is 0 Å². The smallest absolute Gasteiger partial charge is 0.278 e. The number of carbonyl (C=O) groups excluding carboxylic acids is 2. The third kappa shape index (κ3) is 3.53. The molecule has 0 saturated carbocycles. The van der Waals surface area contributed by atoms with Crippen molar-refractivity contribution in [3.05, 3.63) is 74.5 Å². The van der Waals surface area contributed by atoms with Gasteiger partial charge in [-0.2, -0.15) is 0 Å². The van der Waals surface area contributed by atoms with Crippen LogP contribution >= 0.6 is 0 Å². The molecule has 2 N–H and O–H groups in total. The number of benzene rings is 1. The maximum Gasteiger partial charge on any atom is 0.278 e. The molecule has 0 unspecified atom stereocenters. The average Bonchev–Trinajstić information content (AvgIpc) is 2.90. The van der Waals surface area contributed by atoms with Crippen molar-refractivity contribution in [2.24, 2.45) is 0 Å². The van der Waals surface area contributed by atoms with E-state index in [0.717, 1.165) is 13.1 Å². The number of amides is 2. The molecule has 2 bridgehead atoms. The van der Waals surface area contributed by atoms with Gasteiger partial charge < -0.3 is 15.3 Å². The summed E-state index contributed by atoms with van der Waals surface area (Å²) in [7, 11) is 0. The van der Waals surface area contributed by atoms with Crippen LogP contribution in [-0.2, 0) is 6.54 Å². The second-order valence-electron chi connectivity index (χ2n) is 8.08. The molecule has 0 spiro atoms. The molecule has 0 saturated heterocycles. The number of hydrogen-bond donors (Lipinski definition) is 2. The zero-order valence-electron chi connectivity index (χ0n) is 18.0. The predicted molar refractivity (Wildman–Crippen MR) is 112 cm³/mol. The number of rotatable bonds is 3. The maximum atomic E-state index is 14.2. The number of aromatic hydroxyl groups is 1. The van der Waals surface area contributed by atoms with E-state index in [1.54, 1.807) is 11.9 Å². The molecule has 3 heterocycles. The Labute approximate surface area is 186 Å². The van der Waals surface area contributed by atoms with Gasteiger partial charge in [0.1, 0.15) is 29.7 Å². The lowest BCUT2D eigenvalue weighted by molar-refractivity contribution is 0.0652. The van der Waals surface area contributed by atoms with Crippen LogP contribution in [0.25, 0.3) is 0 Å². The van der Waals surface area contributed by atoms with E-state index in [4.69, 9.17) is 0 Å². The molecular formula is C22H21F3N4O4. The van der Waals surface area contributed by atoms with Crippen molar-refractivity contribution in [2.75, 3.05) is 11.7 Å². The highest BCUT2D eigenvalue weighted by Crippen LogP contribution is 2.26. The van der Waals surface area contributed by atoms with Crippen LogP contribution in [0.3, 0.4) is 0 Å². The summed E-state index contributed by atoms with van der Waals surface area (Å²) in [6.07, 6.45) is 4.79. The molecule has 0 radical (unpaired) electrons. The fraction of sp³-hybridized carbons (Fsp3) is 0.318. The molecule has 1 aromatic carbocycles. The van der Waals surface area contributed by atoms with Crippen molar-refractivity contribution in [1.82, 2.24) is 14.9 Å². The lowest BCUT2D eigenvalue weighted by Gasteiger charge is -2.41. The number of carbonyl (C=O) groups is 2. The van der Waals surface area contributed by atoms with Crippen LogP contribution in [0.5, 0.6) is 5.75 Å². The van der Waals surface area contributed by atoms with E-state index in [0.29, 0.717) is 6.07 Å². The van der Waals surface area contributed by atoms with Gasteiger partial charge in [0.05, 0.1) is 6.04 Å². The summed E-state index contributed by atoms with van der Waals surface area (Å²) in [6, 6.07) is -0.0147. The molecule has 2 amide bonds. The Morgan fingerprint density at radius 2 is 1.82 bits per heavy atom. The second kappa shape index (κ2) is 7.98. The molecule has 174 valence electrons. The number of nitrogens with one attached hydrogen (secondary N) is 1. The number of nitrogens with zero attached hydrogens (tertiary/aromatic N) is 3. The molecule has 2 aromatic rings. The Hall–Kier alpha value is -3.76. The van der Waals surface area contributed by atoms with E-state index in [9.17, 15) is 32.7 Å². The van der Waals surface area contributed by atoms with Gasteiger partial charge in [0.2, 0.25) is 5.43 Å². The largest absolute Gasteiger partial charge is 0.502 e. The third-order valence-corrected chi connectivity index (χ3v) is 6.00. The van der Waals surface area contributed by atoms with Gasteiger partial charge >= 0.3 is 0 Å². The van der Waals surface area contributed by atoms with Crippen LogP contribution in [0.15, 0.2) is 29.2 Å². The van der Waals surface area contributed by atoms with E-state index < -0.39 is 63.7 Å². The van der Waals surface area contributed by atoms with E-state index >= 15 is 0 Å². The minimum Gasteiger partial charge on any atom is -0.502 e. The van der Waals surface area contributed by atoms with E-state index in [1.165, 1.54) is 9.58 Å². The van der Waals surface area contributed by atoms with Crippen molar-refractivity contribution in [3.8, 4) is 5.75 Å². The molecule has 2 aliphatic heterocycles.